The zero-order chi connectivity index (χ0) is 15.2. The number of benzene rings is 1. The van der Waals surface area contributed by atoms with Crippen molar-refractivity contribution in [2.24, 2.45) is 0 Å². The highest BCUT2D eigenvalue weighted by molar-refractivity contribution is 6.36. The standard InChI is InChI=1S/C13H14Cl2N4O2/c14-9-2-1-3-10(15)13(9)11(20)6-17-12(21)4-5-19-8-16-7-18-19/h1-3,7-8,11,20H,4-6H2,(H,17,21)/t11-/m0/s1. The van der Waals surface area contributed by atoms with Crippen LogP contribution in [0.5, 0.6) is 0 Å². The lowest BCUT2D eigenvalue weighted by Gasteiger charge is -2.15. The van der Waals surface area contributed by atoms with E-state index in [1.807, 2.05) is 0 Å². The lowest BCUT2D eigenvalue weighted by atomic mass is 10.1. The minimum absolute atomic E-state index is 0.0413. The first-order valence-electron chi connectivity index (χ1n) is 6.29. The average molecular weight is 329 g/mol. The maximum atomic E-state index is 11.7. The Balaban J connectivity index is 1.83. The number of carbonyl (C=O) groups excluding carboxylic acids is 1. The Labute approximate surface area is 131 Å². The Morgan fingerprint density at radius 1 is 1.38 bits per heavy atom. The van der Waals surface area contributed by atoms with Crippen molar-refractivity contribution in [1.29, 1.82) is 0 Å². The maximum Gasteiger partial charge on any atom is 0.221 e. The predicted octanol–water partition coefficient (Wildman–Crippen LogP) is 1.82. The third-order valence-electron chi connectivity index (χ3n) is 2.86. The maximum absolute atomic E-state index is 11.7. The van der Waals surface area contributed by atoms with Crippen molar-refractivity contribution in [1.82, 2.24) is 20.1 Å². The molecule has 1 heterocycles. The van der Waals surface area contributed by atoms with Crippen LogP contribution in [0.1, 0.15) is 18.1 Å². The summed E-state index contributed by atoms with van der Waals surface area (Å²) in [6.45, 7) is 0.467. The van der Waals surface area contributed by atoms with Gasteiger partial charge in [-0.05, 0) is 12.1 Å². The molecule has 0 bridgehead atoms. The van der Waals surface area contributed by atoms with Gasteiger partial charge in [0.2, 0.25) is 5.91 Å². The van der Waals surface area contributed by atoms with E-state index >= 15 is 0 Å². The smallest absolute Gasteiger partial charge is 0.221 e. The van der Waals surface area contributed by atoms with Crippen LogP contribution in [0.3, 0.4) is 0 Å². The number of aliphatic hydroxyl groups is 1. The number of aryl methyl sites for hydroxylation is 1. The molecule has 2 rings (SSSR count). The number of halogens is 2. The number of aliphatic hydroxyl groups excluding tert-OH is 1. The summed E-state index contributed by atoms with van der Waals surface area (Å²) in [4.78, 5) is 15.5. The number of rotatable bonds is 6. The van der Waals surface area contributed by atoms with Crippen LogP contribution in [0.25, 0.3) is 0 Å². The molecule has 0 aliphatic rings. The van der Waals surface area contributed by atoms with E-state index in [1.54, 1.807) is 22.9 Å². The molecule has 0 aliphatic carbocycles. The van der Waals surface area contributed by atoms with E-state index in [2.05, 4.69) is 15.4 Å². The molecule has 0 spiro atoms. The third kappa shape index (κ3) is 4.42. The van der Waals surface area contributed by atoms with Crippen molar-refractivity contribution in [2.75, 3.05) is 6.54 Å². The largest absolute Gasteiger partial charge is 0.386 e. The van der Waals surface area contributed by atoms with Crippen molar-refractivity contribution in [3.8, 4) is 0 Å². The van der Waals surface area contributed by atoms with Crippen LogP contribution < -0.4 is 5.32 Å². The van der Waals surface area contributed by atoms with Gasteiger partial charge in [-0.2, -0.15) is 5.10 Å². The van der Waals surface area contributed by atoms with E-state index in [9.17, 15) is 9.90 Å². The SMILES string of the molecule is O=C(CCn1cncn1)NC[C@H](O)c1c(Cl)cccc1Cl. The molecule has 0 aliphatic heterocycles. The summed E-state index contributed by atoms with van der Waals surface area (Å²) < 4.78 is 1.56. The van der Waals surface area contributed by atoms with E-state index in [4.69, 9.17) is 23.2 Å². The fraction of sp³-hybridized carbons (Fsp3) is 0.308. The summed E-state index contributed by atoms with van der Waals surface area (Å²) in [6, 6.07) is 4.97. The van der Waals surface area contributed by atoms with Gasteiger partial charge in [-0.1, -0.05) is 29.3 Å². The van der Waals surface area contributed by atoms with Crippen LogP contribution in [0.2, 0.25) is 10.0 Å². The lowest BCUT2D eigenvalue weighted by molar-refractivity contribution is -0.121. The molecule has 1 amide bonds. The number of nitrogens with one attached hydrogen (secondary N) is 1. The molecule has 0 fully saturated rings. The van der Waals surface area contributed by atoms with Crippen LogP contribution in [0.15, 0.2) is 30.9 Å². The van der Waals surface area contributed by atoms with Crippen molar-refractivity contribution in [2.45, 2.75) is 19.1 Å². The Hall–Kier alpha value is -1.63. The summed E-state index contributed by atoms with van der Waals surface area (Å²) in [5, 5.41) is 17.3. The molecule has 21 heavy (non-hydrogen) atoms. The number of hydrogen-bond acceptors (Lipinski definition) is 4. The first-order chi connectivity index (χ1) is 10.1. The number of carbonyl (C=O) groups is 1. The normalized spacial score (nSPS) is 12.1. The second-order valence-corrected chi connectivity index (χ2v) is 5.18. The summed E-state index contributed by atoms with van der Waals surface area (Å²) in [5.74, 6) is -0.201. The highest BCUT2D eigenvalue weighted by Crippen LogP contribution is 2.29. The van der Waals surface area contributed by atoms with Gasteiger partial charge in [0.25, 0.3) is 0 Å². The molecule has 8 heteroatoms. The zero-order valence-corrected chi connectivity index (χ0v) is 12.6. The van der Waals surface area contributed by atoms with Gasteiger partial charge in [-0.25, -0.2) is 4.98 Å². The van der Waals surface area contributed by atoms with Crippen molar-refractivity contribution < 1.29 is 9.90 Å². The predicted molar refractivity (Wildman–Crippen MR) is 79.1 cm³/mol. The fourth-order valence-corrected chi connectivity index (χ4v) is 2.44. The molecule has 2 N–H and O–H groups in total. The van der Waals surface area contributed by atoms with Crippen LogP contribution in [-0.2, 0) is 11.3 Å². The summed E-state index contributed by atoms with van der Waals surface area (Å²) >= 11 is 12.0. The number of amides is 1. The molecule has 0 unspecified atom stereocenters. The summed E-state index contributed by atoms with van der Waals surface area (Å²) in [6.07, 6.45) is 2.22. The van der Waals surface area contributed by atoms with Gasteiger partial charge in [-0.3, -0.25) is 9.48 Å². The van der Waals surface area contributed by atoms with E-state index in [1.165, 1.54) is 12.7 Å². The number of nitrogens with zero attached hydrogens (tertiary/aromatic N) is 3. The van der Waals surface area contributed by atoms with Crippen LogP contribution in [-0.4, -0.2) is 32.3 Å². The minimum atomic E-state index is -0.957. The quantitative estimate of drug-likeness (QED) is 0.847. The fourth-order valence-electron chi connectivity index (χ4n) is 1.79. The van der Waals surface area contributed by atoms with Gasteiger partial charge in [0.05, 0.1) is 12.6 Å². The van der Waals surface area contributed by atoms with Gasteiger partial charge < -0.3 is 10.4 Å². The molecular weight excluding hydrogens is 315 g/mol. The molecule has 112 valence electrons. The van der Waals surface area contributed by atoms with Gasteiger partial charge in [0.15, 0.2) is 0 Å². The highest BCUT2D eigenvalue weighted by Gasteiger charge is 2.16. The summed E-state index contributed by atoms with van der Waals surface area (Å²) in [5.41, 5.74) is 0.414. The lowest BCUT2D eigenvalue weighted by Crippen LogP contribution is -2.29. The monoisotopic (exact) mass is 328 g/mol. The first-order valence-corrected chi connectivity index (χ1v) is 7.04. The van der Waals surface area contributed by atoms with Gasteiger partial charge >= 0.3 is 0 Å². The van der Waals surface area contributed by atoms with E-state index < -0.39 is 6.10 Å². The second-order valence-electron chi connectivity index (χ2n) is 4.36. The van der Waals surface area contributed by atoms with Crippen molar-refractivity contribution in [3.05, 3.63) is 46.5 Å². The van der Waals surface area contributed by atoms with Crippen LogP contribution >= 0.6 is 23.2 Å². The number of hydrogen-bond donors (Lipinski definition) is 2. The van der Waals surface area contributed by atoms with E-state index in [0.717, 1.165) is 0 Å². The van der Waals surface area contributed by atoms with E-state index in [0.29, 0.717) is 22.2 Å². The Kier molecular flexibility index (Phi) is 5.55. The Morgan fingerprint density at radius 3 is 2.71 bits per heavy atom. The molecule has 1 aromatic heterocycles. The average Bonchev–Trinajstić information content (AvgIpc) is 2.96. The minimum Gasteiger partial charge on any atom is -0.386 e. The van der Waals surface area contributed by atoms with Gasteiger partial charge in [0.1, 0.15) is 12.7 Å². The first kappa shape index (κ1) is 15.8. The van der Waals surface area contributed by atoms with Crippen LogP contribution in [0, 0.1) is 0 Å². The van der Waals surface area contributed by atoms with Gasteiger partial charge in [0, 0.05) is 28.6 Å². The number of aromatic nitrogens is 3. The molecule has 1 atom stereocenters. The third-order valence-corrected chi connectivity index (χ3v) is 3.52. The molecule has 0 radical (unpaired) electrons. The zero-order valence-electron chi connectivity index (χ0n) is 11.0. The highest BCUT2D eigenvalue weighted by atomic mass is 35.5. The van der Waals surface area contributed by atoms with Crippen LogP contribution in [0.4, 0.5) is 0 Å². The molecular formula is C13H14Cl2N4O2. The molecule has 2 aromatic rings. The van der Waals surface area contributed by atoms with E-state index in [-0.39, 0.29) is 18.9 Å². The van der Waals surface area contributed by atoms with Crippen molar-refractivity contribution >= 4 is 29.1 Å². The topological polar surface area (TPSA) is 80.0 Å². The Morgan fingerprint density at radius 2 is 2.10 bits per heavy atom. The second kappa shape index (κ2) is 7.40. The molecule has 6 nitrogen and oxygen atoms in total. The molecule has 0 saturated heterocycles. The summed E-state index contributed by atoms with van der Waals surface area (Å²) in [7, 11) is 0. The van der Waals surface area contributed by atoms with Crippen molar-refractivity contribution in [3.63, 3.8) is 0 Å². The molecule has 1 aromatic carbocycles. The molecule has 0 saturated carbocycles. The van der Waals surface area contributed by atoms with Gasteiger partial charge in [-0.15, -0.1) is 0 Å². The Bertz CT molecular complexity index is 584.